The number of carboxylic acid groups (broad SMARTS) is 1. The Kier molecular flexibility index (Phi) is 3.94. The zero-order valence-electron chi connectivity index (χ0n) is 9.12. The molecule has 0 aliphatic carbocycles. The molecule has 0 spiro atoms. The summed E-state index contributed by atoms with van der Waals surface area (Å²) in [6.45, 7) is 0. The van der Waals surface area contributed by atoms with Crippen LogP contribution < -0.4 is 0 Å². The zero-order chi connectivity index (χ0) is 14.2. The van der Waals surface area contributed by atoms with E-state index in [0.717, 1.165) is 12.3 Å². The molecule has 0 fully saturated rings. The summed E-state index contributed by atoms with van der Waals surface area (Å²) in [6, 6.07) is 3.85. The molecule has 98 valence electrons. The molecule has 1 heterocycles. The second-order valence-electron chi connectivity index (χ2n) is 3.61. The molecule has 0 aliphatic heterocycles. The van der Waals surface area contributed by atoms with Crippen molar-refractivity contribution in [3.05, 3.63) is 51.0 Å². The highest BCUT2D eigenvalue weighted by Crippen LogP contribution is 2.36. The van der Waals surface area contributed by atoms with Gasteiger partial charge in [0.25, 0.3) is 0 Å². The highest BCUT2D eigenvalue weighted by molar-refractivity contribution is 6.48. The molecule has 0 saturated heterocycles. The number of pyridine rings is 1. The zero-order valence-corrected chi connectivity index (χ0v) is 11.4. The van der Waals surface area contributed by atoms with Crippen LogP contribution in [0.1, 0.15) is 10.5 Å². The van der Waals surface area contributed by atoms with Crippen molar-refractivity contribution in [2.75, 3.05) is 0 Å². The van der Waals surface area contributed by atoms with Gasteiger partial charge in [-0.15, -0.1) is 0 Å². The van der Waals surface area contributed by atoms with Crippen LogP contribution in [0.5, 0.6) is 0 Å². The molecule has 0 atom stereocenters. The summed E-state index contributed by atoms with van der Waals surface area (Å²) >= 11 is 17.5. The minimum absolute atomic E-state index is 0.0768. The molecule has 1 aromatic heterocycles. The number of nitrogens with zero attached hydrogens (tertiary/aromatic N) is 1. The van der Waals surface area contributed by atoms with E-state index >= 15 is 0 Å². The first-order chi connectivity index (χ1) is 8.90. The quantitative estimate of drug-likeness (QED) is 0.826. The van der Waals surface area contributed by atoms with Crippen molar-refractivity contribution in [1.82, 2.24) is 4.98 Å². The van der Waals surface area contributed by atoms with E-state index < -0.39 is 11.8 Å². The van der Waals surface area contributed by atoms with Gasteiger partial charge in [0, 0.05) is 5.56 Å². The van der Waals surface area contributed by atoms with E-state index in [1.807, 2.05) is 0 Å². The van der Waals surface area contributed by atoms with Crippen molar-refractivity contribution >= 4 is 40.8 Å². The highest BCUT2D eigenvalue weighted by atomic mass is 35.5. The number of halogens is 4. The van der Waals surface area contributed by atoms with Gasteiger partial charge in [-0.2, -0.15) is 0 Å². The van der Waals surface area contributed by atoms with Crippen LogP contribution in [0, 0.1) is 5.82 Å². The van der Waals surface area contributed by atoms with E-state index in [0.29, 0.717) is 5.56 Å². The van der Waals surface area contributed by atoms with E-state index in [2.05, 4.69) is 4.98 Å². The Bertz CT molecular complexity index is 653. The topological polar surface area (TPSA) is 50.2 Å². The third-order valence-corrected chi connectivity index (χ3v) is 3.55. The Hall–Kier alpha value is -1.36. The molecule has 0 radical (unpaired) electrons. The van der Waals surface area contributed by atoms with Crippen molar-refractivity contribution in [1.29, 1.82) is 0 Å². The molecule has 0 amide bonds. The number of aromatic nitrogens is 1. The van der Waals surface area contributed by atoms with Crippen molar-refractivity contribution < 1.29 is 14.3 Å². The fraction of sp³-hybridized carbons (Fsp3) is 0. The van der Waals surface area contributed by atoms with Crippen LogP contribution in [-0.4, -0.2) is 16.1 Å². The van der Waals surface area contributed by atoms with Crippen LogP contribution in [0.2, 0.25) is 15.1 Å². The molecule has 3 nitrogen and oxygen atoms in total. The maximum atomic E-state index is 13.2. The Morgan fingerprint density at radius 1 is 1.16 bits per heavy atom. The minimum atomic E-state index is -1.28. The third-order valence-electron chi connectivity index (χ3n) is 2.35. The number of benzene rings is 1. The molecule has 1 N–H and O–H groups in total. The molecule has 7 heteroatoms. The summed E-state index contributed by atoms with van der Waals surface area (Å²) in [4.78, 5) is 14.6. The summed E-state index contributed by atoms with van der Waals surface area (Å²) in [5.74, 6) is -1.95. The van der Waals surface area contributed by atoms with Gasteiger partial charge in [0.2, 0.25) is 0 Å². The summed E-state index contributed by atoms with van der Waals surface area (Å²) in [5, 5.41) is 9.47. The Labute approximate surface area is 122 Å². The average Bonchev–Trinajstić information content (AvgIpc) is 2.34. The van der Waals surface area contributed by atoms with Crippen LogP contribution in [0.4, 0.5) is 4.39 Å². The fourth-order valence-electron chi connectivity index (χ4n) is 1.54. The lowest BCUT2D eigenvalue weighted by Crippen LogP contribution is -2.03. The maximum absolute atomic E-state index is 13.2. The third kappa shape index (κ3) is 2.81. The van der Waals surface area contributed by atoms with Crippen molar-refractivity contribution in [3.8, 4) is 11.1 Å². The van der Waals surface area contributed by atoms with Gasteiger partial charge in [0.15, 0.2) is 5.69 Å². The summed E-state index contributed by atoms with van der Waals surface area (Å²) in [6.07, 6.45) is 0.825. The summed E-state index contributed by atoms with van der Waals surface area (Å²) in [5.41, 5.74) is 0.104. The number of rotatable bonds is 2. The number of aromatic carboxylic acids is 1. The van der Waals surface area contributed by atoms with E-state index in [-0.39, 0.29) is 26.3 Å². The Morgan fingerprint density at radius 2 is 1.74 bits per heavy atom. The summed E-state index contributed by atoms with van der Waals surface area (Å²) < 4.78 is 13.2. The van der Waals surface area contributed by atoms with Crippen molar-refractivity contribution in [2.24, 2.45) is 0 Å². The van der Waals surface area contributed by atoms with Crippen molar-refractivity contribution in [3.63, 3.8) is 0 Å². The van der Waals surface area contributed by atoms with E-state index in [1.165, 1.54) is 12.1 Å². The van der Waals surface area contributed by atoms with Gasteiger partial charge < -0.3 is 5.11 Å². The van der Waals surface area contributed by atoms with Gasteiger partial charge in [-0.25, -0.2) is 14.2 Å². The monoisotopic (exact) mass is 319 g/mol. The van der Waals surface area contributed by atoms with Crippen LogP contribution >= 0.6 is 34.8 Å². The molecular weight excluding hydrogens is 315 g/mol. The highest BCUT2D eigenvalue weighted by Gasteiger charge is 2.16. The Morgan fingerprint density at radius 3 is 2.26 bits per heavy atom. The molecule has 0 saturated carbocycles. The van der Waals surface area contributed by atoms with Gasteiger partial charge in [0.05, 0.1) is 21.3 Å². The minimum Gasteiger partial charge on any atom is -0.476 e. The largest absolute Gasteiger partial charge is 0.476 e. The van der Waals surface area contributed by atoms with Crippen LogP contribution in [0.15, 0.2) is 24.4 Å². The second-order valence-corrected chi connectivity index (χ2v) is 4.80. The molecule has 0 unspecified atom stereocenters. The lowest BCUT2D eigenvalue weighted by atomic mass is 10.0. The maximum Gasteiger partial charge on any atom is 0.355 e. The molecular formula is C12H5Cl3FNO2. The standard InChI is InChI=1S/C12H5Cl3FNO2/c13-8-1-5(2-9(14)10(8)15)7-3-6(16)4-17-11(7)12(18)19/h1-4H,(H,18,19). The fourth-order valence-corrected chi connectivity index (χ4v) is 2.14. The smallest absolute Gasteiger partial charge is 0.355 e. The van der Waals surface area contributed by atoms with E-state index in [9.17, 15) is 9.18 Å². The van der Waals surface area contributed by atoms with Crippen LogP contribution in [0.3, 0.4) is 0 Å². The molecule has 0 bridgehead atoms. The van der Waals surface area contributed by atoms with E-state index in [4.69, 9.17) is 39.9 Å². The second kappa shape index (κ2) is 5.33. The average molecular weight is 321 g/mol. The normalized spacial score (nSPS) is 10.5. The van der Waals surface area contributed by atoms with Gasteiger partial charge >= 0.3 is 5.97 Å². The van der Waals surface area contributed by atoms with Gasteiger partial charge in [-0.05, 0) is 23.8 Å². The lowest BCUT2D eigenvalue weighted by molar-refractivity contribution is 0.0691. The van der Waals surface area contributed by atoms with Gasteiger partial charge in [-0.3, -0.25) is 0 Å². The van der Waals surface area contributed by atoms with Gasteiger partial charge in [-0.1, -0.05) is 34.8 Å². The number of hydrogen-bond donors (Lipinski definition) is 1. The predicted octanol–water partition coefficient (Wildman–Crippen LogP) is 4.55. The SMILES string of the molecule is O=C(O)c1ncc(F)cc1-c1cc(Cl)c(Cl)c(Cl)c1. The van der Waals surface area contributed by atoms with Crippen LogP contribution in [-0.2, 0) is 0 Å². The molecule has 2 aromatic rings. The number of carbonyl (C=O) groups is 1. The first kappa shape index (κ1) is 14.1. The predicted molar refractivity (Wildman–Crippen MR) is 71.6 cm³/mol. The van der Waals surface area contributed by atoms with Crippen molar-refractivity contribution in [2.45, 2.75) is 0 Å². The Balaban J connectivity index is 2.71. The first-order valence-corrected chi connectivity index (χ1v) is 6.07. The molecule has 19 heavy (non-hydrogen) atoms. The van der Waals surface area contributed by atoms with E-state index in [1.54, 1.807) is 0 Å². The molecule has 0 aliphatic rings. The molecule has 2 rings (SSSR count). The number of carboxylic acids is 1. The lowest BCUT2D eigenvalue weighted by Gasteiger charge is -2.08. The molecule has 1 aromatic carbocycles. The summed E-state index contributed by atoms with van der Waals surface area (Å²) in [7, 11) is 0. The number of hydrogen-bond acceptors (Lipinski definition) is 2. The van der Waals surface area contributed by atoms with Crippen LogP contribution in [0.25, 0.3) is 11.1 Å². The first-order valence-electron chi connectivity index (χ1n) is 4.94. The van der Waals surface area contributed by atoms with Gasteiger partial charge in [0.1, 0.15) is 5.82 Å².